The van der Waals surface area contributed by atoms with E-state index in [0.29, 0.717) is 5.82 Å². The first-order valence-electron chi connectivity index (χ1n) is 7.15. The van der Waals surface area contributed by atoms with Gasteiger partial charge in [-0.15, -0.1) is 0 Å². The largest absolute Gasteiger partial charge is 0.383 e. The molecule has 20 heavy (non-hydrogen) atoms. The highest BCUT2D eigenvalue weighted by atomic mass is 15.1. The van der Waals surface area contributed by atoms with Crippen LogP contribution in [0.2, 0.25) is 0 Å². The minimum absolute atomic E-state index is 0.160. The molecule has 0 fully saturated rings. The van der Waals surface area contributed by atoms with Gasteiger partial charge in [0, 0.05) is 24.6 Å². The molecule has 1 aromatic heterocycles. The molecule has 0 spiro atoms. The lowest BCUT2D eigenvalue weighted by atomic mass is 9.93. The van der Waals surface area contributed by atoms with Crippen LogP contribution < -0.4 is 11.1 Å². The van der Waals surface area contributed by atoms with E-state index < -0.39 is 0 Å². The van der Waals surface area contributed by atoms with Crippen LogP contribution in [-0.2, 0) is 0 Å². The second-order valence-electron chi connectivity index (χ2n) is 6.85. The molecule has 114 valence electrons. The zero-order valence-electron chi connectivity index (χ0n) is 13.9. The molecule has 0 aliphatic carbocycles. The standard InChI is InChI=1S/C15H29N5/c1-10(2)13-18-12(16)11(3)14(19-13)17-8-15(4,5)9-20(6)7/h10H,8-9H2,1-7H3,(H3,16,17,18,19). The van der Waals surface area contributed by atoms with E-state index >= 15 is 0 Å². The van der Waals surface area contributed by atoms with Crippen LogP contribution in [0.1, 0.15) is 45.0 Å². The zero-order valence-corrected chi connectivity index (χ0v) is 13.9. The maximum atomic E-state index is 5.98. The van der Waals surface area contributed by atoms with Crippen molar-refractivity contribution in [1.29, 1.82) is 0 Å². The molecule has 0 aromatic carbocycles. The number of hydrogen-bond donors (Lipinski definition) is 2. The van der Waals surface area contributed by atoms with Crippen molar-refractivity contribution in [3.05, 3.63) is 11.4 Å². The van der Waals surface area contributed by atoms with Crippen LogP contribution >= 0.6 is 0 Å². The minimum atomic E-state index is 0.160. The van der Waals surface area contributed by atoms with Crippen LogP contribution in [0.4, 0.5) is 11.6 Å². The quantitative estimate of drug-likeness (QED) is 0.837. The second kappa shape index (κ2) is 6.39. The van der Waals surface area contributed by atoms with Gasteiger partial charge in [-0.05, 0) is 26.4 Å². The van der Waals surface area contributed by atoms with Crippen molar-refractivity contribution in [2.45, 2.75) is 40.5 Å². The molecular formula is C15H29N5. The fourth-order valence-electron chi connectivity index (χ4n) is 2.22. The van der Waals surface area contributed by atoms with Crippen molar-refractivity contribution in [3.63, 3.8) is 0 Å². The highest BCUT2D eigenvalue weighted by molar-refractivity contribution is 5.55. The topological polar surface area (TPSA) is 67.1 Å². The Labute approximate surface area is 123 Å². The summed E-state index contributed by atoms with van der Waals surface area (Å²) in [7, 11) is 4.18. The number of nitrogen functional groups attached to an aromatic ring is 1. The molecular weight excluding hydrogens is 250 g/mol. The Morgan fingerprint density at radius 3 is 2.35 bits per heavy atom. The molecule has 0 atom stereocenters. The number of aromatic nitrogens is 2. The van der Waals surface area contributed by atoms with Gasteiger partial charge in [0.2, 0.25) is 0 Å². The Hall–Kier alpha value is -1.36. The van der Waals surface area contributed by atoms with Crippen molar-refractivity contribution in [3.8, 4) is 0 Å². The monoisotopic (exact) mass is 279 g/mol. The van der Waals surface area contributed by atoms with Crippen LogP contribution in [0, 0.1) is 12.3 Å². The van der Waals surface area contributed by atoms with Gasteiger partial charge >= 0.3 is 0 Å². The normalized spacial score (nSPS) is 12.2. The highest BCUT2D eigenvalue weighted by Crippen LogP contribution is 2.23. The molecule has 0 saturated heterocycles. The van der Waals surface area contributed by atoms with Crippen molar-refractivity contribution in [1.82, 2.24) is 14.9 Å². The third-order valence-corrected chi connectivity index (χ3v) is 3.20. The number of nitrogens with one attached hydrogen (secondary N) is 1. The molecule has 0 radical (unpaired) electrons. The first-order chi connectivity index (χ1) is 9.12. The van der Waals surface area contributed by atoms with E-state index in [0.717, 1.165) is 30.3 Å². The van der Waals surface area contributed by atoms with Crippen molar-refractivity contribution >= 4 is 11.6 Å². The second-order valence-corrected chi connectivity index (χ2v) is 6.85. The van der Waals surface area contributed by atoms with E-state index in [2.05, 4.69) is 62.0 Å². The van der Waals surface area contributed by atoms with Crippen molar-refractivity contribution in [2.24, 2.45) is 5.41 Å². The molecule has 1 rings (SSSR count). The van der Waals surface area contributed by atoms with Gasteiger partial charge < -0.3 is 16.0 Å². The van der Waals surface area contributed by atoms with Crippen molar-refractivity contribution in [2.75, 3.05) is 38.2 Å². The Morgan fingerprint density at radius 1 is 1.25 bits per heavy atom. The fraction of sp³-hybridized carbons (Fsp3) is 0.733. The van der Waals surface area contributed by atoms with E-state index in [1.807, 2.05) is 6.92 Å². The minimum Gasteiger partial charge on any atom is -0.383 e. The van der Waals surface area contributed by atoms with Crippen LogP contribution in [0.25, 0.3) is 0 Å². The molecule has 5 heteroatoms. The molecule has 0 unspecified atom stereocenters. The predicted octanol–water partition coefficient (Wildman–Crippen LogP) is 2.49. The average Bonchev–Trinajstić information content (AvgIpc) is 2.28. The molecule has 1 heterocycles. The fourth-order valence-corrected chi connectivity index (χ4v) is 2.22. The van der Waals surface area contributed by atoms with E-state index in [9.17, 15) is 0 Å². The Morgan fingerprint density at radius 2 is 1.85 bits per heavy atom. The molecule has 0 amide bonds. The van der Waals surface area contributed by atoms with Crippen LogP contribution in [0.3, 0.4) is 0 Å². The third kappa shape index (κ3) is 4.63. The van der Waals surface area contributed by atoms with Gasteiger partial charge in [0.15, 0.2) is 0 Å². The van der Waals surface area contributed by atoms with E-state index in [1.54, 1.807) is 0 Å². The first-order valence-corrected chi connectivity index (χ1v) is 7.15. The summed E-state index contributed by atoms with van der Waals surface area (Å²) >= 11 is 0. The van der Waals surface area contributed by atoms with Gasteiger partial charge in [0.05, 0.1) is 0 Å². The number of anilines is 2. The van der Waals surface area contributed by atoms with Gasteiger partial charge in [-0.25, -0.2) is 9.97 Å². The van der Waals surface area contributed by atoms with E-state index in [-0.39, 0.29) is 11.3 Å². The summed E-state index contributed by atoms with van der Waals surface area (Å²) in [6.07, 6.45) is 0. The molecule has 0 saturated carbocycles. The summed E-state index contributed by atoms with van der Waals surface area (Å²) in [5.41, 5.74) is 7.07. The summed E-state index contributed by atoms with van der Waals surface area (Å²) in [6, 6.07) is 0. The van der Waals surface area contributed by atoms with Crippen molar-refractivity contribution < 1.29 is 0 Å². The summed E-state index contributed by atoms with van der Waals surface area (Å²) in [5.74, 6) is 2.49. The number of nitrogens with two attached hydrogens (primary N) is 1. The SMILES string of the molecule is Cc1c(N)nc(C(C)C)nc1NCC(C)(C)CN(C)C. The summed E-state index contributed by atoms with van der Waals surface area (Å²) < 4.78 is 0. The Balaban J connectivity index is 2.87. The molecule has 5 nitrogen and oxygen atoms in total. The highest BCUT2D eigenvalue weighted by Gasteiger charge is 2.20. The van der Waals surface area contributed by atoms with E-state index in [4.69, 9.17) is 5.73 Å². The lowest BCUT2D eigenvalue weighted by Crippen LogP contribution is -2.34. The van der Waals surface area contributed by atoms with Crippen LogP contribution in [-0.4, -0.2) is 42.1 Å². The van der Waals surface area contributed by atoms with Gasteiger partial charge in [0.25, 0.3) is 0 Å². The zero-order chi connectivity index (χ0) is 15.5. The third-order valence-electron chi connectivity index (χ3n) is 3.20. The molecule has 0 bridgehead atoms. The summed E-state index contributed by atoms with van der Waals surface area (Å²) in [6.45, 7) is 12.4. The van der Waals surface area contributed by atoms with Crippen LogP contribution in [0.15, 0.2) is 0 Å². The smallest absolute Gasteiger partial charge is 0.135 e. The number of hydrogen-bond acceptors (Lipinski definition) is 5. The summed E-state index contributed by atoms with van der Waals surface area (Å²) in [5, 5.41) is 3.44. The Bertz CT molecular complexity index is 452. The first kappa shape index (κ1) is 16.7. The number of nitrogens with zero attached hydrogens (tertiary/aromatic N) is 3. The van der Waals surface area contributed by atoms with E-state index in [1.165, 1.54) is 0 Å². The van der Waals surface area contributed by atoms with Crippen LogP contribution in [0.5, 0.6) is 0 Å². The van der Waals surface area contributed by atoms with Gasteiger partial charge in [-0.3, -0.25) is 0 Å². The van der Waals surface area contributed by atoms with Gasteiger partial charge in [0.1, 0.15) is 17.5 Å². The Kier molecular flexibility index (Phi) is 5.34. The lowest BCUT2D eigenvalue weighted by molar-refractivity contribution is 0.254. The molecule has 0 aliphatic heterocycles. The molecule has 3 N–H and O–H groups in total. The molecule has 0 aliphatic rings. The molecule has 1 aromatic rings. The van der Waals surface area contributed by atoms with Gasteiger partial charge in [-0.1, -0.05) is 27.7 Å². The maximum Gasteiger partial charge on any atom is 0.135 e. The van der Waals surface area contributed by atoms with Gasteiger partial charge in [-0.2, -0.15) is 0 Å². The average molecular weight is 279 g/mol. The number of rotatable bonds is 6. The summed E-state index contributed by atoms with van der Waals surface area (Å²) in [4.78, 5) is 11.1. The predicted molar refractivity (Wildman–Crippen MR) is 86.1 cm³/mol. The lowest BCUT2D eigenvalue weighted by Gasteiger charge is -2.29. The maximum absolute atomic E-state index is 5.98.